The van der Waals surface area contributed by atoms with Gasteiger partial charge in [0.05, 0.1) is 6.20 Å². The number of benzene rings is 1. The molecule has 88 valence electrons. The van der Waals surface area contributed by atoms with Gasteiger partial charge < -0.3 is 4.74 Å². The molecule has 3 N–H and O–H groups in total. The Hall–Kier alpha value is -1.92. The number of hydrogen-bond acceptors (Lipinski definition) is 5. The Bertz CT molecular complexity index is 520. The Morgan fingerprint density at radius 2 is 2.00 bits per heavy atom. The van der Waals surface area contributed by atoms with Crippen LogP contribution in [-0.2, 0) is 0 Å². The first-order chi connectivity index (χ1) is 8.19. The van der Waals surface area contributed by atoms with Gasteiger partial charge in [0.15, 0.2) is 0 Å². The van der Waals surface area contributed by atoms with Gasteiger partial charge in [-0.1, -0.05) is 11.6 Å². The predicted octanol–water partition coefficient (Wildman–Crippen LogP) is 2.35. The zero-order chi connectivity index (χ0) is 12.3. The summed E-state index contributed by atoms with van der Waals surface area (Å²) in [5, 5.41) is 0.230. The van der Waals surface area contributed by atoms with Gasteiger partial charge in [-0.3, -0.25) is 5.43 Å². The number of nitrogens with one attached hydrogen (secondary N) is 1. The smallest absolute Gasteiger partial charge is 0.243 e. The summed E-state index contributed by atoms with van der Waals surface area (Å²) in [6, 6.07) is 5.46. The third-order valence-electron chi connectivity index (χ3n) is 1.87. The maximum atomic E-state index is 12.7. The summed E-state index contributed by atoms with van der Waals surface area (Å²) in [5.41, 5.74) is 2.27. The van der Waals surface area contributed by atoms with E-state index in [1.165, 1.54) is 30.5 Å². The zero-order valence-corrected chi connectivity index (χ0v) is 9.28. The molecule has 5 nitrogen and oxygen atoms in total. The molecule has 17 heavy (non-hydrogen) atoms. The number of ether oxygens (including phenoxy) is 1. The van der Waals surface area contributed by atoms with E-state index in [9.17, 15) is 4.39 Å². The van der Waals surface area contributed by atoms with Crippen LogP contribution in [0.2, 0.25) is 5.02 Å². The predicted molar refractivity (Wildman–Crippen MR) is 61.3 cm³/mol. The number of hydrazine groups is 1. The van der Waals surface area contributed by atoms with E-state index in [4.69, 9.17) is 22.2 Å². The number of nitrogens with zero attached hydrogens (tertiary/aromatic N) is 2. The van der Waals surface area contributed by atoms with Crippen molar-refractivity contribution in [1.29, 1.82) is 0 Å². The van der Waals surface area contributed by atoms with Crippen molar-refractivity contribution >= 4 is 17.5 Å². The summed E-state index contributed by atoms with van der Waals surface area (Å²) in [6.45, 7) is 0. The van der Waals surface area contributed by atoms with E-state index in [0.717, 1.165) is 0 Å². The van der Waals surface area contributed by atoms with Crippen LogP contribution in [0.4, 0.5) is 10.3 Å². The first kappa shape index (κ1) is 11.6. The van der Waals surface area contributed by atoms with E-state index in [2.05, 4.69) is 15.4 Å². The van der Waals surface area contributed by atoms with Crippen LogP contribution in [0.3, 0.4) is 0 Å². The second-order valence-electron chi connectivity index (χ2n) is 3.05. The Kier molecular flexibility index (Phi) is 3.36. The largest absolute Gasteiger partial charge is 0.437 e. The Morgan fingerprint density at radius 3 is 2.65 bits per heavy atom. The van der Waals surface area contributed by atoms with Crippen molar-refractivity contribution < 1.29 is 9.13 Å². The molecule has 0 aliphatic rings. The van der Waals surface area contributed by atoms with Gasteiger partial charge >= 0.3 is 0 Å². The highest BCUT2D eigenvalue weighted by Gasteiger charge is 2.07. The Labute approximate surface area is 101 Å². The maximum Gasteiger partial charge on any atom is 0.243 e. The monoisotopic (exact) mass is 254 g/mol. The van der Waals surface area contributed by atoms with Crippen molar-refractivity contribution in [3.05, 3.63) is 41.3 Å². The van der Waals surface area contributed by atoms with Crippen molar-refractivity contribution in [2.24, 2.45) is 5.84 Å². The van der Waals surface area contributed by atoms with Crippen LogP contribution in [0.1, 0.15) is 0 Å². The van der Waals surface area contributed by atoms with Gasteiger partial charge in [-0.05, 0) is 24.3 Å². The van der Waals surface area contributed by atoms with E-state index in [1.807, 2.05) is 0 Å². The summed E-state index contributed by atoms with van der Waals surface area (Å²) in [5.74, 6) is 5.53. The van der Waals surface area contributed by atoms with Crippen molar-refractivity contribution in [3.63, 3.8) is 0 Å². The average molecular weight is 255 g/mol. The molecule has 0 aliphatic heterocycles. The van der Waals surface area contributed by atoms with Gasteiger partial charge in [0, 0.05) is 0 Å². The van der Waals surface area contributed by atoms with Crippen LogP contribution in [0, 0.1) is 5.82 Å². The highest BCUT2D eigenvalue weighted by Crippen LogP contribution is 2.27. The molecule has 0 unspecified atom stereocenters. The average Bonchev–Trinajstić information content (AvgIpc) is 2.35. The van der Waals surface area contributed by atoms with Crippen molar-refractivity contribution in [1.82, 2.24) is 9.97 Å². The minimum absolute atomic E-state index is 0.140. The lowest BCUT2D eigenvalue weighted by Gasteiger charge is -2.07. The number of aromatic nitrogens is 2. The molecule has 0 spiro atoms. The van der Waals surface area contributed by atoms with Crippen LogP contribution in [-0.4, -0.2) is 9.97 Å². The third-order valence-corrected chi connectivity index (χ3v) is 2.13. The highest BCUT2D eigenvalue weighted by atomic mass is 35.5. The lowest BCUT2D eigenvalue weighted by atomic mass is 10.3. The van der Waals surface area contributed by atoms with E-state index >= 15 is 0 Å². The highest BCUT2D eigenvalue weighted by molar-refractivity contribution is 6.31. The van der Waals surface area contributed by atoms with E-state index in [1.54, 1.807) is 0 Å². The molecular weight excluding hydrogens is 247 g/mol. The van der Waals surface area contributed by atoms with E-state index in [-0.39, 0.29) is 22.7 Å². The number of rotatable bonds is 3. The quantitative estimate of drug-likeness (QED) is 0.650. The number of anilines is 1. The Balaban J connectivity index is 2.25. The van der Waals surface area contributed by atoms with Crippen LogP contribution >= 0.6 is 11.6 Å². The van der Waals surface area contributed by atoms with Gasteiger partial charge in [0.1, 0.15) is 16.6 Å². The van der Waals surface area contributed by atoms with Gasteiger partial charge in [-0.15, -0.1) is 0 Å². The summed E-state index contributed by atoms with van der Waals surface area (Å²) >= 11 is 5.84. The fourth-order valence-corrected chi connectivity index (χ4v) is 1.24. The summed E-state index contributed by atoms with van der Waals surface area (Å²) in [7, 11) is 0. The second kappa shape index (κ2) is 4.94. The maximum absolute atomic E-state index is 12.7. The fraction of sp³-hybridized carbons (Fsp3) is 0. The molecular formula is C10H8ClFN4O. The third kappa shape index (κ3) is 2.80. The number of nitrogens with two attached hydrogens (primary N) is 1. The molecule has 1 aromatic carbocycles. The lowest BCUT2D eigenvalue weighted by molar-refractivity contribution is 0.461. The fourth-order valence-electron chi connectivity index (χ4n) is 1.11. The molecule has 7 heteroatoms. The molecule has 1 heterocycles. The molecule has 0 atom stereocenters. The molecule has 0 saturated heterocycles. The zero-order valence-electron chi connectivity index (χ0n) is 8.52. The minimum atomic E-state index is -0.351. The molecule has 0 aliphatic carbocycles. The normalized spacial score (nSPS) is 10.1. The molecule has 0 saturated carbocycles. The van der Waals surface area contributed by atoms with Gasteiger partial charge in [0.25, 0.3) is 0 Å². The van der Waals surface area contributed by atoms with Crippen LogP contribution in [0.25, 0.3) is 0 Å². The number of hydrogen-bond donors (Lipinski definition) is 2. The number of halogens is 2. The summed E-state index contributed by atoms with van der Waals surface area (Å²) in [6.07, 6.45) is 1.35. The van der Waals surface area contributed by atoms with Crippen LogP contribution in [0.5, 0.6) is 11.6 Å². The molecule has 0 radical (unpaired) electrons. The first-order valence-electron chi connectivity index (χ1n) is 4.61. The lowest BCUT2D eigenvalue weighted by Crippen LogP contribution is -2.10. The van der Waals surface area contributed by atoms with E-state index in [0.29, 0.717) is 5.75 Å². The van der Waals surface area contributed by atoms with Crippen molar-refractivity contribution in [2.75, 3.05) is 5.43 Å². The van der Waals surface area contributed by atoms with Crippen LogP contribution in [0.15, 0.2) is 30.5 Å². The van der Waals surface area contributed by atoms with Gasteiger partial charge in [-0.2, -0.15) is 4.98 Å². The topological polar surface area (TPSA) is 73.1 Å². The molecule has 2 aromatic rings. The SMILES string of the molecule is NNc1ncc(Cl)c(Oc2ccc(F)cc2)n1. The van der Waals surface area contributed by atoms with Gasteiger partial charge in [-0.25, -0.2) is 15.2 Å². The second-order valence-corrected chi connectivity index (χ2v) is 3.45. The first-order valence-corrected chi connectivity index (χ1v) is 4.99. The molecule has 0 bridgehead atoms. The standard InChI is InChI=1S/C10H8ClFN4O/c11-8-5-14-10(16-13)15-9(8)17-7-3-1-6(12)2-4-7/h1-5H,13H2,(H,14,15,16). The van der Waals surface area contributed by atoms with Crippen molar-refractivity contribution in [2.45, 2.75) is 0 Å². The summed E-state index contributed by atoms with van der Waals surface area (Å²) < 4.78 is 18.1. The molecule has 1 aromatic heterocycles. The molecule has 0 amide bonds. The van der Waals surface area contributed by atoms with Gasteiger partial charge in [0.2, 0.25) is 11.8 Å². The number of nitrogen functional groups attached to an aromatic ring is 1. The molecule has 0 fully saturated rings. The van der Waals surface area contributed by atoms with E-state index < -0.39 is 0 Å². The molecule has 2 rings (SSSR count). The van der Waals surface area contributed by atoms with Crippen LogP contribution < -0.4 is 16.0 Å². The summed E-state index contributed by atoms with van der Waals surface area (Å²) in [4.78, 5) is 7.71. The Morgan fingerprint density at radius 1 is 1.29 bits per heavy atom. The van der Waals surface area contributed by atoms with Crippen molar-refractivity contribution in [3.8, 4) is 11.6 Å². The minimum Gasteiger partial charge on any atom is -0.437 e.